The lowest BCUT2D eigenvalue weighted by molar-refractivity contribution is 0.378. The van der Waals surface area contributed by atoms with Crippen molar-refractivity contribution in [1.82, 2.24) is 24.7 Å². The van der Waals surface area contributed by atoms with Crippen LogP contribution in [0.1, 0.15) is 33.1 Å². The minimum absolute atomic E-state index is 0.377. The molecule has 1 aliphatic rings. The first-order valence-corrected chi connectivity index (χ1v) is 8.55. The molecule has 0 aromatic carbocycles. The molecular formula is C18H22N6O. The topological polar surface area (TPSA) is 81.7 Å². The van der Waals surface area contributed by atoms with Gasteiger partial charge in [0.05, 0.1) is 5.56 Å². The standard InChI is InChI=1S/C18H22N6O/c1-18(2)7-6-12(11-18)21-14-13(5-4-8-19-14)16-22-23-17(25-16)15-20-9-10-24(15)3/h4-5,8-10,12H,6-7,11H2,1-3H3,(H,19,21). The Morgan fingerprint density at radius 2 is 2.04 bits per heavy atom. The molecule has 130 valence electrons. The maximum absolute atomic E-state index is 5.86. The first-order valence-electron chi connectivity index (χ1n) is 8.55. The average Bonchev–Trinajstić information content (AvgIpc) is 3.28. The van der Waals surface area contributed by atoms with Crippen molar-refractivity contribution in [2.75, 3.05) is 5.32 Å². The van der Waals surface area contributed by atoms with Crippen molar-refractivity contribution in [3.63, 3.8) is 0 Å². The highest BCUT2D eigenvalue weighted by atomic mass is 16.4. The lowest BCUT2D eigenvalue weighted by atomic mass is 9.92. The molecule has 0 aliphatic heterocycles. The average molecular weight is 338 g/mol. The maximum atomic E-state index is 5.86. The van der Waals surface area contributed by atoms with E-state index in [-0.39, 0.29) is 0 Å². The molecule has 0 amide bonds. The van der Waals surface area contributed by atoms with Crippen LogP contribution in [0, 0.1) is 5.41 Å². The molecule has 1 fully saturated rings. The highest BCUT2D eigenvalue weighted by molar-refractivity contribution is 5.69. The summed E-state index contributed by atoms with van der Waals surface area (Å²) in [5, 5.41) is 11.9. The molecule has 0 bridgehead atoms. The number of hydrogen-bond acceptors (Lipinski definition) is 6. The summed E-state index contributed by atoms with van der Waals surface area (Å²) in [5.74, 6) is 2.29. The molecule has 0 spiro atoms. The van der Waals surface area contributed by atoms with Gasteiger partial charge in [0.15, 0.2) is 5.82 Å². The van der Waals surface area contributed by atoms with Gasteiger partial charge >= 0.3 is 0 Å². The summed E-state index contributed by atoms with van der Waals surface area (Å²) in [7, 11) is 1.89. The van der Waals surface area contributed by atoms with Gasteiger partial charge in [-0.2, -0.15) is 0 Å². The van der Waals surface area contributed by atoms with E-state index in [2.05, 4.69) is 39.3 Å². The van der Waals surface area contributed by atoms with Crippen LogP contribution in [0.15, 0.2) is 35.1 Å². The van der Waals surface area contributed by atoms with Gasteiger partial charge in [0.2, 0.25) is 0 Å². The third-order valence-corrected chi connectivity index (χ3v) is 4.78. The van der Waals surface area contributed by atoms with Crippen LogP contribution in [0.5, 0.6) is 0 Å². The Morgan fingerprint density at radius 3 is 2.76 bits per heavy atom. The van der Waals surface area contributed by atoms with Gasteiger partial charge in [-0.3, -0.25) is 0 Å². The second kappa shape index (κ2) is 5.98. The smallest absolute Gasteiger partial charge is 0.284 e. The zero-order chi connectivity index (χ0) is 17.4. The second-order valence-corrected chi connectivity index (χ2v) is 7.42. The predicted octanol–water partition coefficient (Wildman–Crippen LogP) is 3.52. The van der Waals surface area contributed by atoms with Crippen molar-refractivity contribution in [2.24, 2.45) is 12.5 Å². The fourth-order valence-electron chi connectivity index (χ4n) is 3.44. The van der Waals surface area contributed by atoms with Crippen molar-refractivity contribution >= 4 is 5.82 Å². The van der Waals surface area contributed by atoms with Crippen LogP contribution in [0.4, 0.5) is 5.82 Å². The van der Waals surface area contributed by atoms with E-state index in [4.69, 9.17) is 4.42 Å². The fraction of sp³-hybridized carbons (Fsp3) is 0.444. The second-order valence-electron chi connectivity index (χ2n) is 7.42. The van der Waals surface area contributed by atoms with Crippen LogP contribution in [0.25, 0.3) is 23.2 Å². The summed E-state index contributed by atoms with van der Waals surface area (Å²) < 4.78 is 7.70. The Morgan fingerprint density at radius 1 is 1.20 bits per heavy atom. The summed E-state index contributed by atoms with van der Waals surface area (Å²) in [6.07, 6.45) is 8.83. The number of anilines is 1. The molecule has 1 atom stereocenters. The number of imidazole rings is 1. The van der Waals surface area contributed by atoms with Gasteiger partial charge < -0.3 is 14.3 Å². The van der Waals surface area contributed by atoms with Crippen LogP contribution in [0.2, 0.25) is 0 Å². The molecule has 25 heavy (non-hydrogen) atoms. The lowest BCUT2D eigenvalue weighted by Gasteiger charge is -2.18. The van der Waals surface area contributed by atoms with Gasteiger partial charge in [0.1, 0.15) is 5.82 Å². The van der Waals surface area contributed by atoms with Crippen LogP contribution < -0.4 is 5.32 Å². The van der Waals surface area contributed by atoms with Gasteiger partial charge in [0, 0.05) is 31.7 Å². The van der Waals surface area contributed by atoms with Gasteiger partial charge in [0.25, 0.3) is 11.8 Å². The lowest BCUT2D eigenvalue weighted by Crippen LogP contribution is -2.18. The normalized spacial score (nSPS) is 19.2. The Kier molecular flexibility index (Phi) is 3.78. The molecule has 7 heteroatoms. The van der Waals surface area contributed by atoms with E-state index in [0.717, 1.165) is 24.2 Å². The predicted molar refractivity (Wildman–Crippen MR) is 94.8 cm³/mol. The third-order valence-electron chi connectivity index (χ3n) is 4.78. The Balaban J connectivity index is 1.61. The molecule has 1 N–H and O–H groups in total. The first kappa shape index (κ1) is 15.8. The SMILES string of the molecule is Cn1ccnc1-c1nnc(-c2cccnc2NC2CCC(C)(C)C2)o1. The summed E-state index contributed by atoms with van der Waals surface area (Å²) in [6, 6.07) is 4.25. The monoisotopic (exact) mass is 338 g/mol. The molecule has 3 heterocycles. The minimum atomic E-state index is 0.377. The van der Waals surface area contributed by atoms with Crippen molar-refractivity contribution in [1.29, 1.82) is 0 Å². The highest BCUT2D eigenvalue weighted by Gasteiger charge is 2.31. The Hall–Kier alpha value is -2.70. The van der Waals surface area contributed by atoms with E-state index in [0.29, 0.717) is 29.1 Å². The largest absolute Gasteiger partial charge is 0.413 e. The number of nitrogens with one attached hydrogen (secondary N) is 1. The summed E-state index contributed by atoms with van der Waals surface area (Å²) >= 11 is 0. The summed E-state index contributed by atoms with van der Waals surface area (Å²) in [4.78, 5) is 8.75. The molecule has 1 saturated carbocycles. The maximum Gasteiger partial charge on any atom is 0.284 e. The molecule has 0 saturated heterocycles. The quantitative estimate of drug-likeness (QED) is 0.784. The van der Waals surface area contributed by atoms with Gasteiger partial charge in [-0.05, 0) is 36.8 Å². The zero-order valence-electron chi connectivity index (χ0n) is 14.7. The molecular weight excluding hydrogens is 316 g/mol. The van der Waals surface area contributed by atoms with Crippen LogP contribution in [-0.4, -0.2) is 30.8 Å². The molecule has 3 aromatic heterocycles. The molecule has 3 aromatic rings. The molecule has 4 rings (SSSR count). The first-order chi connectivity index (χ1) is 12.0. The number of aryl methyl sites for hydroxylation is 1. The van der Waals surface area contributed by atoms with Gasteiger partial charge in [-0.1, -0.05) is 13.8 Å². The number of nitrogens with zero attached hydrogens (tertiary/aromatic N) is 5. The van der Waals surface area contributed by atoms with Crippen LogP contribution >= 0.6 is 0 Å². The van der Waals surface area contributed by atoms with Crippen molar-refractivity contribution < 1.29 is 4.42 Å². The van der Waals surface area contributed by atoms with E-state index < -0.39 is 0 Å². The molecule has 7 nitrogen and oxygen atoms in total. The molecule has 0 radical (unpaired) electrons. The summed E-state index contributed by atoms with van der Waals surface area (Å²) in [6.45, 7) is 4.62. The number of rotatable bonds is 4. The van der Waals surface area contributed by atoms with Crippen molar-refractivity contribution in [3.8, 4) is 23.2 Å². The molecule has 1 aliphatic carbocycles. The Labute approximate surface area is 146 Å². The van der Waals surface area contributed by atoms with E-state index in [1.807, 2.05) is 29.9 Å². The van der Waals surface area contributed by atoms with Crippen LogP contribution in [0.3, 0.4) is 0 Å². The highest BCUT2D eigenvalue weighted by Crippen LogP contribution is 2.39. The van der Waals surface area contributed by atoms with E-state index in [9.17, 15) is 0 Å². The van der Waals surface area contributed by atoms with Gasteiger partial charge in [-0.25, -0.2) is 9.97 Å². The molecule has 1 unspecified atom stereocenters. The number of pyridine rings is 1. The van der Waals surface area contributed by atoms with Crippen molar-refractivity contribution in [3.05, 3.63) is 30.7 Å². The fourth-order valence-corrected chi connectivity index (χ4v) is 3.44. The van der Waals surface area contributed by atoms with Crippen LogP contribution in [-0.2, 0) is 7.05 Å². The zero-order valence-corrected chi connectivity index (χ0v) is 14.7. The van der Waals surface area contributed by atoms with Crippen molar-refractivity contribution in [2.45, 2.75) is 39.2 Å². The number of aromatic nitrogens is 5. The number of hydrogen-bond donors (Lipinski definition) is 1. The van der Waals surface area contributed by atoms with Gasteiger partial charge in [-0.15, -0.1) is 10.2 Å². The van der Waals surface area contributed by atoms with E-state index in [1.54, 1.807) is 12.4 Å². The summed E-state index contributed by atoms with van der Waals surface area (Å²) in [5.41, 5.74) is 1.20. The third kappa shape index (κ3) is 3.14. The van der Waals surface area contributed by atoms with E-state index >= 15 is 0 Å². The van der Waals surface area contributed by atoms with E-state index in [1.165, 1.54) is 6.42 Å². The minimum Gasteiger partial charge on any atom is -0.413 e. The Bertz CT molecular complexity index is 881.